The van der Waals surface area contributed by atoms with Crippen LogP contribution in [-0.4, -0.2) is 37.8 Å². The number of carboxylic acids is 1. The molecule has 20 heavy (non-hydrogen) atoms. The Morgan fingerprint density at radius 1 is 1.20 bits per heavy atom. The first kappa shape index (κ1) is 16.1. The molecule has 0 saturated heterocycles. The summed E-state index contributed by atoms with van der Waals surface area (Å²) in [7, 11) is 3.10. The Kier molecular flexibility index (Phi) is 6.69. The number of carbonyl (C=O) groups is 2. The number of carboxylic acid groups (broad SMARTS) is 1. The van der Waals surface area contributed by atoms with E-state index in [-0.39, 0.29) is 18.1 Å². The minimum Gasteiger partial charge on any atom is -0.478 e. The van der Waals surface area contributed by atoms with Crippen LogP contribution >= 0.6 is 0 Å². The summed E-state index contributed by atoms with van der Waals surface area (Å²) in [6.07, 6.45) is 0.941. The van der Waals surface area contributed by atoms with Crippen molar-refractivity contribution in [1.29, 1.82) is 0 Å². The second kappa shape index (κ2) is 8.29. The Morgan fingerprint density at radius 2 is 1.95 bits per heavy atom. The molecule has 0 bridgehead atoms. The van der Waals surface area contributed by atoms with Crippen LogP contribution in [0, 0.1) is 0 Å². The lowest BCUT2D eigenvalue weighted by atomic mass is 10.1. The van der Waals surface area contributed by atoms with Crippen molar-refractivity contribution in [3.63, 3.8) is 0 Å². The van der Waals surface area contributed by atoms with E-state index >= 15 is 0 Å². The zero-order valence-corrected chi connectivity index (χ0v) is 11.6. The predicted molar refractivity (Wildman–Crippen MR) is 73.9 cm³/mol. The molecule has 0 spiro atoms. The fourth-order valence-electron chi connectivity index (χ4n) is 1.74. The molecule has 0 saturated carbocycles. The number of methoxy groups -OCH3 is 2. The fourth-order valence-corrected chi connectivity index (χ4v) is 1.74. The van der Waals surface area contributed by atoms with Crippen molar-refractivity contribution >= 4 is 17.6 Å². The SMILES string of the molecule is COCCCC(=O)Nc1cc(COC)cc(C(=O)O)c1. The summed E-state index contributed by atoms with van der Waals surface area (Å²) in [6.45, 7) is 0.797. The van der Waals surface area contributed by atoms with Gasteiger partial charge in [0.25, 0.3) is 0 Å². The Bertz CT molecular complexity index is 473. The lowest BCUT2D eigenvalue weighted by Gasteiger charge is -2.09. The van der Waals surface area contributed by atoms with Gasteiger partial charge in [0.2, 0.25) is 5.91 Å². The normalized spacial score (nSPS) is 10.3. The van der Waals surface area contributed by atoms with Gasteiger partial charge in [0.15, 0.2) is 0 Å². The number of ether oxygens (including phenoxy) is 2. The zero-order chi connectivity index (χ0) is 15.0. The largest absolute Gasteiger partial charge is 0.478 e. The highest BCUT2D eigenvalue weighted by Gasteiger charge is 2.09. The van der Waals surface area contributed by atoms with Gasteiger partial charge in [-0.15, -0.1) is 0 Å². The van der Waals surface area contributed by atoms with E-state index in [1.54, 1.807) is 13.2 Å². The van der Waals surface area contributed by atoms with Crippen LogP contribution in [0.25, 0.3) is 0 Å². The van der Waals surface area contributed by atoms with Gasteiger partial charge < -0.3 is 19.9 Å². The molecule has 1 aromatic rings. The summed E-state index contributed by atoms with van der Waals surface area (Å²) in [5, 5.41) is 11.7. The van der Waals surface area contributed by atoms with Crippen molar-refractivity contribution in [3.05, 3.63) is 29.3 Å². The van der Waals surface area contributed by atoms with Crippen LogP contribution in [0.1, 0.15) is 28.8 Å². The first-order chi connectivity index (χ1) is 9.56. The number of hydrogen-bond donors (Lipinski definition) is 2. The maximum Gasteiger partial charge on any atom is 0.335 e. The third kappa shape index (κ3) is 5.38. The highest BCUT2D eigenvalue weighted by molar-refractivity contribution is 5.94. The number of nitrogens with one attached hydrogen (secondary N) is 1. The predicted octanol–water partition coefficient (Wildman–Crippen LogP) is 1.90. The van der Waals surface area contributed by atoms with Gasteiger partial charge in [0.05, 0.1) is 12.2 Å². The highest BCUT2D eigenvalue weighted by atomic mass is 16.5. The summed E-state index contributed by atoms with van der Waals surface area (Å²) in [5.74, 6) is -1.22. The molecule has 0 unspecified atom stereocenters. The molecule has 6 nitrogen and oxygen atoms in total. The number of benzene rings is 1. The molecule has 0 fully saturated rings. The maximum atomic E-state index is 11.7. The first-order valence-electron chi connectivity index (χ1n) is 6.21. The average molecular weight is 281 g/mol. The van der Waals surface area contributed by atoms with Gasteiger partial charge in [-0.2, -0.15) is 0 Å². The molecule has 0 aromatic heterocycles. The monoisotopic (exact) mass is 281 g/mol. The van der Waals surface area contributed by atoms with Crippen LogP contribution < -0.4 is 5.32 Å². The maximum absolute atomic E-state index is 11.7. The lowest BCUT2D eigenvalue weighted by molar-refractivity contribution is -0.116. The minimum absolute atomic E-state index is 0.117. The van der Waals surface area contributed by atoms with Crippen molar-refractivity contribution < 1.29 is 24.2 Å². The van der Waals surface area contributed by atoms with Crippen molar-refractivity contribution in [2.24, 2.45) is 0 Å². The van der Waals surface area contributed by atoms with E-state index in [2.05, 4.69) is 5.32 Å². The third-order valence-electron chi connectivity index (χ3n) is 2.59. The van der Waals surface area contributed by atoms with Gasteiger partial charge in [0.1, 0.15) is 0 Å². The summed E-state index contributed by atoms with van der Waals surface area (Å²) in [5.41, 5.74) is 1.27. The molecular weight excluding hydrogens is 262 g/mol. The van der Waals surface area contributed by atoms with Gasteiger partial charge in [0, 0.05) is 32.9 Å². The molecule has 0 heterocycles. The smallest absolute Gasteiger partial charge is 0.335 e. The number of amides is 1. The molecule has 6 heteroatoms. The van der Waals surface area contributed by atoms with Crippen LogP contribution in [-0.2, 0) is 20.9 Å². The summed E-state index contributed by atoms with van der Waals surface area (Å²) in [6, 6.07) is 4.65. The summed E-state index contributed by atoms with van der Waals surface area (Å²) >= 11 is 0. The van der Waals surface area contributed by atoms with Crippen molar-refractivity contribution in [2.75, 3.05) is 26.1 Å². The van der Waals surface area contributed by atoms with E-state index in [9.17, 15) is 9.59 Å². The third-order valence-corrected chi connectivity index (χ3v) is 2.59. The second-order valence-electron chi connectivity index (χ2n) is 4.30. The number of carbonyl (C=O) groups excluding carboxylic acids is 1. The molecule has 1 rings (SSSR count). The molecular formula is C14H19NO5. The van der Waals surface area contributed by atoms with Crippen molar-refractivity contribution in [1.82, 2.24) is 0 Å². The molecule has 1 aromatic carbocycles. The topological polar surface area (TPSA) is 84.9 Å². The standard InChI is InChI=1S/C14H19NO5/c1-19-5-3-4-13(16)15-12-7-10(9-20-2)6-11(8-12)14(17)18/h6-8H,3-5,9H2,1-2H3,(H,15,16)(H,17,18). The second-order valence-corrected chi connectivity index (χ2v) is 4.30. The van der Waals surface area contributed by atoms with Crippen LogP contribution in [0.2, 0.25) is 0 Å². The Hall–Kier alpha value is -1.92. The number of anilines is 1. The zero-order valence-electron chi connectivity index (χ0n) is 11.6. The van der Waals surface area contributed by atoms with Crippen molar-refractivity contribution in [3.8, 4) is 0 Å². The Balaban J connectivity index is 2.77. The Labute approximate surface area is 117 Å². The van der Waals surface area contributed by atoms with Gasteiger partial charge >= 0.3 is 5.97 Å². The van der Waals surface area contributed by atoms with E-state index in [1.165, 1.54) is 19.2 Å². The van der Waals surface area contributed by atoms with Gasteiger partial charge in [-0.3, -0.25) is 4.79 Å². The number of rotatable bonds is 8. The molecule has 0 aliphatic heterocycles. The van der Waals surface area contributed by atoms with Crippen molar-refractivity contribution in [2.45, 2.75) is 19.4 Å². The van der Waals surface area contributed by atoms with E-state index in [4.69, 9.17) is 14.6 Å². The number of aromatic carboxylic acids is 1. The van der Waals surface area contributed by atoms with Crippen LogP contribution in [0.15, 0.2) is 18.2 Å². The molecule has 0 radical (unpaired) electrons. The first-order valence-corrected chi connectivity index (χ1v) is 6.21. The highest BCUT2D eigenvalue weighted by Crippen LogP contribution is 2.16. The molecule has 0 atom stereocenters. The quantitative estimate of drug-likeness (QED) is 0.711. The van der Waals surface area contributed by atoms with Gasteiger partial charge in [-0.05, 0) is 30.2 Å². The molecule has 110 valence electrons. The van der Waals surface area contributed by atoms with E-state index in [0.29, 0.717) is 30.7 Å². The average Bonchev–Trinajstić information content (AvgIpc) is 2.39. The number of hydrogen-bond acceptors (Lipinski definition) is 4. The fraction of sp³-hybridized carbons (Fsp3) is 0.429. The molecule has 0 aliphatic carbocycles. The van der Waals surface area contributed by atoms with Crippen LogP contribution in [0.5, 0.6) is 0 Å². The van der Waals surface area contributed by atoms with Gasteiger partial charge in [-0.1, -0.05) is 0 Å². The van der Waals surface area contributed by atoms with E-state index < -0.39 is 5.97 Å². The summed E-state index contributed by atoms with van der Waals surface area (Å²) < 4.78 is 9.85. The molecule has 0 aliphatic rings. The van der Waals surface area contributed by atoms with Gasteiger partial charge in [-0.25, -0.2) is 4.79 Å². The van der Waals surface area contributed by atoms with Crippen LogP contribution in [0.4, 0.5) is 5.69 Å². The molecule has 1 amide bonds. The van der Waals surface area contributed by atoms with E-state index in [0.717, 1.165) is 0 Å². The lowest BCUT2D eigenvalue weighted by Crippen LogP contribution is -2.13. The Morgan fingerprint density at radius 3 is 2.55 bits per heavy atom. The van der Waals surface area contributed by atoms with E-state index in [1.807, 2.05) is 0 Å². The summed E-state index contributed by atoms with van der Waals surface area (Å²) in [4.78, 5) is 22.7. The molecule has 2 N–H and O–H groups in total. The minimum atomic E-state index is -1.04. The van der Waals surface area contributed by atoms with Crippen LogP contribution in [0.3, 0.4) is 0 Å².